The van der Waals surface area contributed by atoms with Crippen LogP contribution in [0.25, 0.3) is 0 Å². The number of halogens is 1. The van der Waals surface area contributed by atoms with Crippen LogP contribution in [0.5, 0.6) is 0 Å². The van der Waals surface area contributed by atoms with Crippen LogP contribution in [0.4, 0.5) is 5.82 Å². The normalized spacial score (nSPS) is 16.7. The van der Waals surface area contributed by atoms with E-state index in [4.69, 9.17) is 17.3 Å². The molecule has 5 nitrogen and oxygen atoms in total. The van der Waals surface area contributed by atoms with E-state index in [1.165, 1.54) is 0 Å². The molecule has 2 heterocycles. The molecule has 0 bridgehead atoms. The van der Waals surface area contributed by atoms with Crippen LogP contribution in [0, 0.1) is 19.8 Å². The average molecular weight is 283 g/mol. The third kappa shape index (κ3) is 3.35. The highest BCUT2D eigenvalue weighted by Gasteiger charge is 2.23. The molecule has 1 aromatic heterocycles. The van der Waals surface area contributed by atoms with Crippen molar-refractivity contribution in [3.05, 3.63) is 16.5 Å². The molecule has 1 saturated heterocycles. The first-order valence-electron chi connectivity index (χ1n) is 6.51. The Bertz CT molecular complexity index is 484. The molecular formula is C13H19ClN4O. The highest BCUT2D eigenvalue weighted by Crippen LogP contribution is 2.28. The molecule has 0 aromatic carbocycles. The second-order valence-electron chi connectivity index (χ2n) is 5.11. The minimum atomic E-state index is -0.212. The van der Waals surface area contributed by atoms with E-state index in [9.17, 15) is 4.79 Å². The largest absolute Gasteiger partial charge is 0.370 e. The fourth-order valence-electron chi connectivity index (χ4n) is 2.52. The summed E-state index contributed by atoms with van der Waals surface area (Å²) in [6.45, 7) is 5.54. The molecule has 1 fully saturated rings. The van der Waals surface area contributed by atoms with Crippen LogP contribution in [0.15, 0.2) is 0 Å². The van der Waals surface area contributed by atoms with Crippen molar-refractivity contribution >= 4 is 23.3 Å². The van der Waals surface area contributed by atoms with Crippen molar-refractivity contribution in [2.75, 3.05) is 18.0 Å². The number of aromatic nitrogens is 2. The van der Waals surface area contributed by atoms with Crippen molar-refractivity contribution < 1.29 is 4.79 Å². The fraction of sp³-hybridized carbons (Fsp3) is 0.615. The Kier molecular flexibility index (Phi) is 4.24. The number of piperidine rings is 1. The summed E-state index contributed by atoms with van der Waals surface area (Å²) >= 11 is 6.10. The summed E-state index contributed by atoms with van der Waals surface area (Å²) in [4.78, 5) is 21.8. The number of nitrogens with zero attached hydrogens (tertiary/aromatic N) is 3. The SMILES string of the molecule is Cc1nc(Cl)c(C)c(N2CCC(CC(N)=O)CC2)n1. The second-order valence-corrected chi connectivity index (χ2v) is 5.47. The molecule has 1 aliphatic heterocycles. The molecule has 1 aliphatic rings. The first kappa shape index (κ1) is 14.1. The van der Waals surface area contributed by atoms with E-state index in [0.29, 0.717) is 23.3 Å². The highest BCUT2D eigenvalue weighted by molar-refractivity contribution is 6.30. The standard InChI is InChI=1S/C13H19ClN4O/c1-8-12(14)16-9(2)17-13(8)18-5-3-10(4-6-18)7-11(15)19/h10H,3-7H2,1-2H3,(H2,15,19). The molecule has 1 aromatic rings. The third-order valence-corrected chi connectivity index (χ3v) is 3.94. The summed E-state index contributed by atoms with van der Waals surface area (Å²) in [6.07, 6.45) is 2.41. The van der Waals surface area contributed by atoms with Crippen LogP contribution >= 0.6 is 11.6 Å². The van der Waals surface area contributed by atoms with E-state index in [1.54, 1.807) is 0 Å². The number of carbonyl (C=O) groups is 1. The van der Waals surface area contributed by atoms with Crippen LogP contribution in [-0.2, 0) is 4.79 Å². The molecule has 0 radical (unpaired) electrons. The number of aryl methyl sites for hydroxylation is 1. The van der Waals surface area contributed by atoms with Crippen molar-refractivity contribution in [2.45, 2.75) is 33.1 Å². The van der Waals surface area contributed by atoms with Gasteiger partial charge < -0.3 is 10.6 Å². The van der Waals surface area contributed by atoms with Crippen LogP contribution < -0.4 is 10.6 Å². The Morgan fingerprint density at radius 1 is 1.37 bits per heavy atom. The first-order chi connectivity index (χ1) is 8.97. The number of amides is 1. The minimum absolute atomic E-state index is 0.212. The van der Waals surface area contributed by atoms with Gasteiger partial charge in [-0.15, -0.1) is 0 Å². The quantitative estimate of drug-likeness (QED) is 0.859. The third-order valence-electron chi connectivity index (χ3n) is 3.58. The zero-order valence-electron chi connectivity index (χ0n) is 11.3. The van der Waals surface area contributed by atoms with E-state index in [1.807, 2.05) is 13.8 Å². The van der Waals surface area contributed by atoms with Crippen LogP contribution in [-0.4, -0.2) is 29.0 Å². The fourth-order valence-corrected chi connectivity index (χ4v) is 2.73. The Labute approximate surface area is 118 Å². The van der Waals surface area contributed by atoms with Gasteiger partial charge in [0.1, 0.15) is 16.8 Å². The number of hydrogen-bond donors (Lipinski definition) is 1. The predicted molar refractivity (Wildman–Crippen MR) is 75.3 cm³/mol. The topological polar surface area (TPSA) is 72.1 Å². The summed E-state index contributed by atoms with van der Waals surface area (Å²) in [5.41, 5.74) is 6.16. The lowest BCUT2D eigenvalue weighted by Crippen LogP contribution is -2.36. The minimum Gasteiger partial charge on any atom is -0.370 e. The highest BCUT2D eigenvalue weighted by atomic mass is 35.5. The number of nitrogens with two attached hydrogens (primary N) is 1. The molecule has 0 atom stereocenters. The van der Waals surface area contributed by atoms with Crippen LogP contribution in [0.2, 0.25) is 5.15 Å². The Morgan fingerprint density at radius 2 is 2.00 bits per heavy atom. The zero-order valence-corrected chi connectivity index (χ0v) is 12.1. The van der Waals surface area contributed by atoms with Gasteiger partial charge in [-0.2, -0.15) is 0 Å². The van der Waals surface area contributed by atoms with Crippen molar-refractivity contribution in [1.82, 2.24) is 9.97 Å². The molecule has 2 rings (SSSR count). The van der Waals surface area contributed by atoms with E-state index >= 15 is 0 Å². The van der Waals surface area contributed by atoms with Crippen molar-refractivity contribution in [3.8, 4) is 0 Å². The van der Waals surface area contributed by atoms with Gasteiger partial charge in [0.25, 0.3) is 0 Å². The molecule has 0 saturated carbocycles. The maximum Gasteiger partial charge on any atom is 0.217 e. The van der Waals surface area contributed by atoms with Gasteiger partial charge in [-0.3, -0.25) is 4.79 Å². The molecule has 6 heteroatoms. The summed E-state index contributed by atoms with van der Waals surface area (Å²) in [5.74, 6) is 1.78. The maximum atomic E-state index is 10.9. The Hall–Kier alpha value is -1.36. The Morgan fingerprint density at radius 3 is 2.58 bits per heavy atom. The summed E-state index contributed by atoms with van der Waals surface area (Å²) in [6, 6.07) is 0. The van der Waals surface area contributed by atoms with E-state index in [0.717, 1.165) is 37.3 Å². The first-order valence-corrected chi connectivity index (χ1v) is 6.89. The lowest BCUT2D eigenvalue weighted by Gasteiger charge is -2.33. The molecule has 0 aliphatic carbocycles. The summed E-state index contributed by atoms with van der Waals surface area (Å²) < 4.78 is 0. The molecule has 19 heavy (non-hydrogen) atoms. The summed E-state index contributed by atoms with van der Waals surface area (Å²) in [7, 11) is 0. The summed E-state index contributed by atoms with van der Waals surface area (Å²) in [5, 5.41) is 0.516. The van der Waals surface area contributed by atoms with Crippen molar-refractivity contribution in [3.63, 3.8) is 0 Å². The average Bonchev–Trinajstić information content (AvgIpc) is 2.34. The smallest absolute Gasteiger partial charge is 0.217 e. The number of hydrogen-bond acceptors (Lipinski definition) is 4. The Balaban J connectivity index is 2.07. The van der Waals surface area contributed by atoms with Crippen molar-refractivity contribution in [1.29, 1.82) is 0 Å². The van der Waals surface area contributed by atoms with Crippen molar-refractivity contribution in [2.24, 2.45) is 11.7 Å². The lowest BCUT2D eigenvalue weighted by molar-refractivity contribution is -0.119. The molecular weight excluding hydrogens is 264 g/mol. The van der Waals surface area contributed by atoms with Crippen LogP contribution in [0.3, 0.4) is 0 Å². The van der Waals surface area contributed by atoms with Gasteiger partial charge in [0, 0.05) is 25.1 Å². The van der Waals surface area contributed by atoms with Gasteiger partial charge in [-0.1, -0.05) is 11.6 Å². The monoisotopic (exact) mass is 282 g/mol. The molecule has 104 valence electrons. The van der Waals surface area contributed by atoms with E-state index < -0.39 is 0 Å². The number of anilines is 1. The van der Waals surface area contributed by atoms with Gasteiger partial charge in [0.2, 0.25) is 5.91 Å². The zero-order chi connectivity index (χ0) is 14.0. The predicted octanol–water partition coefficient (Wildman–Crippen LogP) is 1.84. The van der Waals surface area contributed by atoms with E-state index in [2.05, 4.69) is 14.9 Å². The number of rotatable bonds is 3. The molecule has 1 amide bonds. The molecule has 2 N–H and O–H groups in total. The van der Waals surface area contributed by atoms with Gasteiger partial charge in [0.15, 0.2) is 0 Å². The van der Waals surface area contributed by atoms with Gasteiger partial charge in [0.05, 0.1) is 0 Å². The maximum absolute atomic E-state index is 10.9. The van der Waals surface area contributed by atoms with Gasteiger partial charge in [-0.05, 0) is 32.6 Å². The van der Waals surface area contributed by atoms with Gasteiger partial charge in [-0.25, -0.2) is 9.97 Å². The number of primary amides is 1. The number of carbonyl (C=O) groups excluding carboxylic acids is 1. The molecule has 0 unspecified atom stereocenters. The second kappa shape index (κ2) is 5.74. The lowest BCUT2D eigenvalue weighted by atomic mass is 9.93. The van der Waals surface area contributed by atoms with Crippen LogP contribution in [0.1, 0.15) is 30.7 Å². The van der Waals surface area contributed by atoms with Gasteiger partial charge >= 0.3 is 0 Å². The molecule has 0 spiro atoms. The van der Waals surface area contributed by atoms with E-state index in [-0.39, 0.29) is 5.91 Å².